The molecule has 5 heteroatoms. The molecular formula is C9H9N5. The Morgan fingerprint density at radius 1 is 1.43 bits per heavy atom. The third-order valence-electron chi connectivity index (χ3n) is 1.57. The Morgan fingerprint density at radius 3 is 3.14 bits per heavy atom. The second kappa shape index (κ2) is 4.18. The summed E-state index contributed by atoms with van der Waals surface area (Å²) in [5.74, 6) is 0.747. The third kappa shape index (κ3) is 2.16. The van der Waals surface area contributed by atoms with E-state index < -0.39 is 0 Å². The van der Waals surface area contributed by atoms with Gasteiger partial charge in [0.25, 0.3) is 0 Å². The molecule has 0 radical (unpaired) electrons. The first-order valence-electron chi connectivity index (χ1n) is 4.13. The zero-order valence-electron chi connectivity index (χ0n) is 7.38. The Bertz CT molecular complexity index is 392. The molecule has 0 spiro atoms. The zero-order valence-corrected chi connectivity index (χ0v) is 7.38. The molecule has 14 heavy (non-hydrogen) atoms. The average molecular weight is 187 g/mol. The van der Waals surface area contributed by atoms with E-state index in [-0.39, 0.29) is 0 Å². The summed E-state index contributed by atoms with van der Waals surface area (Å²) in [6, 6.07) is 5.64. The highest BCUT2D eigenvalue weighted by atomic mass is 15.3. The molecule has 70 valence electrons. The van der Waals surface area contributed by atoms with Crippen molar-refractivity contribution in [2.24, 2.45) is 5.10 Å². The van der Waals surface area contributed by atoms with Crippen LogP contribution in [-0.2, 0) is 0 Å². The monoisotopic (exact) mass is 187 g/mol. The first-order valence-corrected chi connectivity index (χ1v) is 4.13. The van der Waals surface area contributed by atoms with E-state index in [2.05, 4.69) is 25.5 Å². The third-order valence-corrected chi connectivity index (χ3v) is 1.57. The van der Waals surface area contributed by atoms with Gasteiger partial charge in [0.15, 0.2) is 0 Å². The van der Waals surface area contributed by atoms with Gasteiger partial charge in [-0.25, -0.2) is 4.98 Å². The Morgan fingerprint density at radius 2 is 2.43 bits per heavy atom. The summed E-state index contributed by atoms with van der Waals surface area (Å²) in [7, 11) is 0. The maximum atomic E-state index is 4.08. The highest BCUT2D eigenvalue weighted by Crippen LogP contribution is 1.96. The van der Waals surface area contributed by atoms with Crippen LogP contribution >= 0.6 is 0 Å². The predicted octanol–water partition coefficient (Wildman–Crippen LogP) is 1.25. The number of nitrogens with zero attached hydrogens (tertiary/aromatic N) is 3. The molecule has 0 bridgehead atoms. The van der Waals surface area contributed by atoms with E-state index in [1.165, 1.54) is 0 Å². The number of nitrogens with one attached hydrogen (secondary N) is 2. The molecule has 0 fully saturated rings. The lowest BCUT2D eigenvalue weighted by Gasteiger charge is -1.93. The number of hydrogen-bond donors (Lipinski definition) is 2. The average Bonchev–Trinajstić information content (AvgIpc) is 2.72. The predicted molar refractivity (Wildman–Crippen MR) is 54.0 cm³/mol. The van der Waals surface area contributed by atoms with Gasteiger partial charge in [-0.1, -0.05) is 6.07 Å². The second-order valence-corrected chi connectivity index (χ2v) is 2.59. The lowest BCUT2D eigenvalue weighted by atomic mass is 10.4. The Hall–Kier alpha value is -2.17. The molecule has 2 heterocycles. The molecule has 0 unspecified atom stereocenters. The summed E-state index contributed by atoms with van der Waals surface area (Å²) in [5.41, 5.74) is 3.59. The van der Waals surface area contributed by atoms with E-state index in [0.29, 0.717) is 0 Å². The maximum absolute atomic E-state index is 4.08. The van der Waals surface area contributed by atoms with Gasteiger partial charge < -0.3 is 4.98 Å². The SMILES string of the molecule is C(=NNc1cnc[nH]1)c1ccccn1. The van der Waals surface area contributed by atoms with E-state index >= 15 is 0 Å². The molecule has 0 aliphatic rings. The number of pyridine rings is 1. The summed E-state index contributed by atoms with van der Waals surface area (Å²) in [4.78, 5) is 10.8. The van der Waals surface area contributed by atoms with Crippen molar-refractivity contribution in [1.29, 1.82) is 0 Å². The maximum Gasteiger partial charge on any atom is 0.143 e. The van der Waals surface area contributed by atoms with Crippen molar-refractivity contribution in [1.82, 2.24) is 15.0 Å². The minimum Gasteiger partial charge on any atom is -0.330 e. The van der Waals surface area contributed by atoms with Gasteiger partial charge in [0.1, 0.15) is 5.82 Å². The van der Waals surface area contributed by atoms with Crippen LogP contribution in [0.3, 0.4) is 0 Å². The fourth-order valence-electron chi connectivity index (χ4n) is 0.937. The van der Waals surface area contributed by atoms with Gasteiger partial charge in [0.05, 0.1) is 24.4 Å². The van der Waals surface area contributed by atoms with Gasteiger partial charge in [-0.05, 0) is 12.1 Å². The summed E-state index contributed by atoms with van der Waals surface area (Å²) in [6.45, 7) is 0. The van der Waals surface area contributed by atoms with Crippen molar-refractivity contribution in [2.45, 2.75) is 0 Å². The number of imidazole rings is 1. The fourth-order valence-corrected chi connectivity index (χ4v) is 0.937. The van der Waals surface area contributed by atoms with Gasteiger partial charge in [-0.15, -0.1) is 0 Å². The standard InChI is InChI=1S/C9H9N5/c1-2-4-11-8(3-1)5-13-14-9-6-10-7-12-9/h1-7,14H,(H,10,12). The molecule has 0 amide bonds. The van der Waals surface area contributed by atoms with Crippen molar-refractivity contribution in [3.63, 3.8) is 0 Å². The summed E-state index contributed by atoms with van der Waals surface area (Å²) < 4.78 is 0. The molecule has 2 aromatic heterocycles. The Kier molecular flexibility index (Phi) is 2.51. The van der Waals surface area contributed by atoms with Crippen molar-refractivity contribution in [2.75, 3.05) is 5.43 Å². The molecule has 0 atom stereocenters. The molecule has 2 aromatic rings. The van der Waals surface area contributed by atoms with Crippen LogP contribution in [0.4, 0.5) is 5.82 Å². The number of rotatable bonds is 3. The summed E-state index contributed by atoms with van der Waals surface area (Å²) >= 11 is 0. The number of hydrogen-bond acceptors (Lipinski definition) is 4. The van der Waals surface area contributed by atoms with Gasteiger partial charge in [0.2, 0.25) is 0 Å². The van der Waals surface area contributed by atoms with Crippen molar-refractivity contribution < 1.29 is 0 Å². The Balaban J connectivity index is 1.96. The van der Waals surface area contributed by atoms with E-state index in [4.69, 9.17) is 0 Å². The van der Waals surface area contributed by atoms with Crippen LogP contribution < -0.4 is 5.43 Å². The molecule has 0 aliphatic heterocycles. The number of hydrazone groups is 1. The molecule has 0 saturated carbocycles. The van der Waals surface area contributed by atoms with E-state index in [1.807, 2.05) is 18.2 Å². The second-order valence-electron chi connectivity index (χ2n) is 2.59. The van der Waals surface area contributed by atoms with E-state index in [9.17, 15) is 0 Å². The summed E-state index contributed by atoms with van der Waals surface area (Å²) in [5, 5.41) is 3.98. The van der Waals surface area contributed by atoms with Crippen molar-refractivity contribution in [3.8, 4) is 0 Å². The van der Waals surface area contributed by atoms with E-state index in [0.717, 1.165) is 11.5 Å². The minimum atomic E-state index is 0.747. The first kappa shape index (κ1) is 8.43. The number of H-pyrrole nitrogens is 1. The molecule has 0 aliphatic carbocycles. The quantitative estimate of drug-likeness (QED) is 0.561. The number of aromatic amines is 1. The topological polar surface area (TPSA) is 66.0 Å². The smallest absolute Gasteiger partial charge is 0.143 e. The number of aromatic nitrogens is 3. The molecule has 0 aromatic carbocycles. The molecule has 0 saturated heterocycles. The lowest BCUT2D eigenvalue weighted by Crippen LogP contribution is -1.91. The fraction of sp³-hybridized carbons (Fsp3) is 0. The summed E-state index contributed by atoms with van der Waals surface area (Å²) in [6.07, 6.45) is 6.59. The lowest BCUT2D eigenvalue weighted by molar-refractivity contribution is 1.25. The largest absolute Gasteiger partial charge is 0.330 e. The van der Waals surface area contributed by atoms with Crippen LogP contribution in [-0.4, -0.2) is 21.2 Å². The van der Waals surface area contributed by atoms with Crippen LogP contribution in [0.2, 0.25) is 0 Å². The van der Waals surface area contributed by atoms with Crippen LogP contribution in [0.15, 0.2) is 42.0 Å². The normalized spacial score (nSPS) is 10.6. The van der Waals surface area contributed by atoms with Gasteiger partial charge >= 0.3 is 0 Å². The van der Waals surface area contributed by atoms with Crippen LogP contribution in [0.25, 0.3) is 0 Å². The highest BCUT2D eigenvalue weighted by molar-refractivity contribution is 5.77. The highest BCUT2D eigenvalue weighted by Gasteiger charge is 1.87. The molecular weight excluding hydrogens is 178 g/mol. The van der Waals surface area contributed by atoms with Gasteiger partial charge in [0, 0.05) is 6.20 Å². The van der Waals surface area contributed by atoms with Crippen molar-refractivity contribution >= 4 is 12.0 Å². The van der Waals surface area contributed by atoms with Crippen LogP contribution in [0.5, 0.6) is 0 Å². The molecule has 5 nitrogen and oxygen atoms in total. The molecule has 2 rings (SSSR count). The number of anilines is 1. The van der Waals surface area contributed by atoms with E-state index in [1.54, 1.807) is 24.9 Å². The molecule has 2 N–H and O–H groups in total. The van der Waals surface area contributed by atoms with Crippen molar-refractivity contribution in [3.05, 3.63) is 42.6 Å². The zero-order chi connectivity index (χ0) is 9.64. The van der Waals surface area contributed by atoms with Crippen LogP contribution in [0, 0.1) is 0 Å². The first-order chi connectivity index (χ1) is 6.95. The minimum absolute atomic E-state index is 0.747. The Labute approximate surface area is 80.9 Å². The van der Waals surface area contributed by atoms with Gasteiger partial charge in [-0.2, -0.15) is 5.10 Å². The van der Waals surface area contributed by atoms with Gasteiger partial charge in [-0.3, -0.25) is 10.4 Å². The van der Waals surface area contributed by atoms with Crippen LogP contribution in [0.1, 0.15) is 5.69 Å².